The third-order valence-electron chi connectivity index (χ3n) is 3.33. The number of anilines is 1. The summed E-state index contributed by atoms with van der Waals surface area (Å²) in [5, 5.41) is 7.77. The molecule has 1 saturated heterocycles. The van der Waals surface area contributed by atoms with E-state index in [0.29, 0.717) is 11.9 Å². The van der Waals surface area contributed by atoms with Gasteiger partial charge in [0, 0.05) is 13.1 Å². The van der Waals surface area contributed by atoms with Crippen molar-refractivity contribution in [3.8, 4) is 0 Å². The standard InChI is InChI=1S/C10H14ClN3O/c1-6(11)9-12-13-10(15-9)14-3-2-7-4-8(7)5-14/h6-8H,2-5H2,1H3. The van der Waals surface area contributed by atoms with Gasteiger partial charge in [-0.2, -0.15) is 0 Å². The fourth-order valence-corrected chi connectivity index (χ4v) is 2.36. The third kappa shape index (κ3) is 1.71. The number of piperidine rings is 1. The Morgan fingerprint density at radius 2 is 2.33 bits per heavy atom. The molecule has 2 fully saturated rings. The van der Waals surface area contributed by atoms with Crippen LogP contribution in [0.3, 0.4) is 0 Å². The molecule has 0 radical (unpaired) electrons. The van der Waals surface area contributed by atoms with E-state index in [2.05, 4.69) is 15.1 Å². The van der Waals surface area contributed by atoms with Crippen LogP contribution in [0.15, 0.2) is 4.42 Å². The van der Waals surface area contributed by atoms with Crippen molar-refractivity contribution >= 4 is 17.6 Å². The van der Waals surface area contributed by atoms with E-state index in [9.17, 15) is 0 Å². The first-order chi connectivity index (χ1) is 7.24. The zero-order valence-electron chi connectivity index (χ0n) is 8.69. The number of hydrogen-bond donors (Lipinski definition) is 0. The van der Waals surface area contributed by atoms with Crippen molar-refractivity contribution in [1.29, 1.82) is 0 Å². The minimum absolute atomic E-state index is 0.204. The monoisotopic (exact) mass is 227 g/mol. The average Bonchev–Trinajstić information content (AvgIpc) is 2.82. The van der Waals surface area contributed by atoms with Crippen molar-refractivity contribution in [2.24, 2.45) is 11.8 Å². The van der Waals surface area contributed by atoms with Crippen LogP contribution in [0.25, 0.3) is 0 Å². The maximum Gasteiger partial charge on any atom is 0.318 e. The third-order valence-corrected chi connectivity index (χ3v) is 3.52. The summed E-state index contributed by atoms with van der Waals surface area (Å²) in [6, 6.07) is 0.642. The lowest BCUT2D eigenvalue weighted by Gasteiger charge is -2.23. The first-order valence-electron chi connectivity index (χ1n) is 5.46. The summed E-state index contributed by atoms with van der Waals surface area (Å²) in [4.78, 5) is 2.18. The van der Waals surface area contributed by atoms with E-state index in [4.69, 9.17) is 16.0 Å². The molecule has 4 nitrogen and oxygen atoms in total. The van der Waals surface area contributed by atoms with Crippen LogP contribution in [0.2, 0.25) is 0 Å². The highest BCUT2D eigenvalue weighted by Crippen LogP contribution is 2.45. The molecular formula is C10H14ClN3O. The van der Waals surface area contributed by atoms with E-state index in [1.807, 2.05) is 6.92 Å². The highest BCUT2D eigenvalue weighted by atomic mass is 35.5. The summed E-state index contributed by atoms with van der Waals surface area (Å²) in [7, 11) is 0. The van der Waals surface area contributed by atoms with Gasteiger partial charge in [-0.15, -0.1) is 16.7 Å². The molecule has 0 aromatic carbocycles. The fraction of sp³-hybridized carbons (Fsp3) is 0.800. The van der Waals surface area contributed by atoms with Crippen molar-refractivity contribution in [3.05, 3.63) is 5.89 Å². The SMILES string of the molecule is CC(Cl)c1nnc(N2CCC3CC3C2)o1. The summed E-state index contributed by atoms with van der Waals surface area (Å²) in [6.45, 7) is 3.95. The Morgan fingerprint density at radius 1 is 1.47 bits per heavy atom. The molecule has 0 amide bonds. The van der Waals surface area contributed by atoms with Crippen LogP contribution in [-0.2, 0) is 0 Å². The van der Waals surface area contributed by atoms with Crippen LogP contribution >= 0.6 is 11.6 Å². The first-order valence-corrected chi connectivity index (χ1v) is 5.90. The van der Waals surface area contributed by atoms with E-state index >= 15 is 0 Å². The molecule has 0 spiro atoms. The minimum Gasteiger partial charge on any atom is -0.406 e. The summed E-state index contributed by atoms with van der Waals surface area (Å²) < 4.78 is 5.52. The van der Waals surface area contributed by atoms with Crippen molar-refractivity contribution in [2.45, 2.75) is 25.1 Å². The van der Waals surface area contributed by atoms with Gasteiger partial charge in [0.25, 0.3) is 0 Å². The molecule has 5 heteroatoms. The molecule has 1 aromatic heterocycles. The molecule has 1 aliphatic carbocycles. The maximum absolute atomic E-state index is 5.88. The average molecular weight is 228 g/mol. The second-order valence-corrected chi connectivity index (χ2v) is 5.18. The van der Waals surface area contributed by atoms with Gasteiger partial charge in [0.1, 0.15) is 5.38 Å². The molecule has 3 atom stereocenters. The normalized spacial score (nSPS) is 31.2. The number of nitrogens with zero attached hydrogens (tertiary/aromatic N) is 3. The summed E-state index contributed by atoms with van der Waals surface area (Å²) in [5.74, 6) is 2.35. The van der Waals surface area contributed by atoms with Crippen LogP contribution < -0.4 is 4.90 Å². The van der Waals surface area contributed by atoms with Crippen LogP contribution in [0.1, 0.15) is 31.0 Å². The van der Waals surface area contributed by atoms with Crippen LogP contribution in [0, 0.1) is 11.8 Å². The Balaban J connectivity index is 1.74. The molecule has 0 N–H and O–H groups in total. The van der Waals surface area contributed by atoms with Crippen molar-refractivity contribution < 1.29 is 4.42 Å². The van der Waals surface area contributed by atoms with Gasteiger partial charge in [-0.3, -0.25) is 0 Å². The first kappa shape index (κ1) is 9.46. The van der Waals surface area contributed by atoms with E-state index in [-0.39, 0.29) is 5.38 Å². The van der Waals surface area contributed by atoms with E-state index < -0.39 is 0 Å². The van der Waals surface area contributed by atoms with Crippen LogP contribution in [-0.4, -0.2) is 23.3 Å². The maximum atomic E-state index is 5.88. The molecular weight excluding hydrogens is 214 g/mol. The Kier molecular flexibility index (Phi) is 2.12. The lowest BCUT2D eigenvalue weighted by atomic mass is 10.1. The lowest BCUT2D eigenvalue weighted by molar-refractivity contribution is 0.455. The summed E-state index contributed by atoms with van der Waals surface area (Å²) in [5.41, 5.74) is 0. The summed E-state index contributed by atoms with van der Waals surface area (Å²) in [6.07, 6.45) is 2.64. The molecule has 1 aromatic rings. The molecule has 2 heterocycles. The van der Waals surface area contributed by atoms with Gasteiger partial charge in [0.2, 0.25) is 5.89 Å². The van der Waals surface area contributed by atoms with Crippen LogP contribution in [0.4, 0.5) is 6.01 Å². The van der Waals surface area contributed by atoms with Gasteiger partial charge in [-0.1, -0.05) is 5.10 Å². The predicted octanol–water partition coefficient (Wildman–Crippen LogP) is 2.22. The number of hydrogen-bond acceptors (Lipinski definition) is 4. The van der Waals surface area contributed by atoms with Crippen LogP contribution in [0.5, 0.6) is 0 Å². The van der Waals surface area contributed by atoms with Gasteiger partial charge < -0.3 is 9.32 Å². The van der Waals surface area contributed by atoms with Gasteiger partial charge >= 0.3 is 6.01 Å². The zero-order chi connectivity index (χ0) is 10.4. The fourth-order valence-electron chi connectivity index (χ4n) is 2.27. The quantitative estimate of drug-likeness (QED) is 0.727. The Labute approximate surface area is 93.6 Å². The highest BCUT2D eigenvalue weighted by molar-refractivity contribution is 6.20. The molecule has 3 rings (SSSR count). The molecule has 2 aliphatic rings. The number of rotatable bonds is 2. The molecule has 15 heavy (non-hydrogen) atoms. The van der Waals surface area contributed by atoms with Gasteiger partial charge in [-0.25, -0.2) is 0 Å². The molecule has 1 aliphatic heterocycles. The number of halogens is 1. The van der Waals surface area contributed by atoms with E-state index in [1.54, 1.807) is 0 Å². The summed E-state index contributed by atoms with van der Waals surface area (Å²) >= 11 is 5.88. The molecule has 1 saturated carbocycles. The van der Waals surface area contributed by atoms with Crippen molar-refractivity contribution in [2.75, 3.05) is 18.0 Å². The predicted molar refractivity (Wildman–Crippen MR) is 57.0 cm³/mol. The second kappa shape index (κ2) is 3.37. The van der Waals surface area contributed by atoms with E-state index in [1.165, 1.54) is 12.8 Å². The number of alkyl halides is 1. The number of fused-ring (bicyclic) bond motifs is 1. The molecule has 0 bridgehead atoms. The molecule has 3 unspecified atom stereocenters. The van der Waals surface area contributed by atoms with Gasteiger partial charge in [-0.05, 0) is 31.6 Å². The Hall–Kier alpha value is -0.770. The minimum atomic E-state index is -0.204. The largest absolute Gasteiger partial charge is 0.406 e. The van der Waals surface area contributed by atoms with E-state index in [0.717, 1.165) is 24.9 Å². The highest BCUT2D eigenvalue weighted by Gasteiger charge is 2.42. The Bertz CT molecular complexity index is 365. The zero-order valence-corrected chi connectivity index (χ0v) is 9.44. The lowest BCUT2D eigenvalue weighted by Crippen LogP contribution is -2.31. The Morgan fingerprint density at radius 3 is 3.00 bits per heavy atom. The number of aromatic nitrogens is 2. The smallest absolute Gasteiger partial charge is 0.318 e. The molecule has 82 valence electrons. The topological polar surface area (TPSA) is 42.2 Å². The van der Waals surface area contributed by atoms with Gasteiger partial charge in [0.15, 0.2) is 0 Å². The van der Waals surface area contributed by atoms with Crippen molar-refractivity contribution in [1.82, 2.24) is 10.2 Å². The van der Waals surface area contributed by atoms with Crippen molar-refractivity contribution in [3.63, 3.8) is 0 Å². The van der Waals surface area contributed by atoms with Gasteiger partial charge in [0.05, 0.1) is 0 Å². The second-order valence-electron chi connectivity index (χ2n) is 4.53.